The van der Waals surface area contributed by atoms with E-state index in [1.807, 2.05) is 19.1 Å². The number of phenols is 1. The molecule has 0 bridgehead atoms. The molecule has 3 rings (SSSR count). The zero-order valence-corrected chi connectivity index (χ0v) is 22.1. The van der Waals surface area contributed by atoms with Gasteiger partial charge in [0.05, 0.1) is 17.5 Å². The minimum absolute atomic E-state index is 0. The fourth-order valence-corrected chi connectivity index (χ4v) is 5.00. The van der Waals surface area contributed by atoms with Crippen molar-refractivity contribution < 1.29 is 33.3 Å². The lowest BCUT2D eigenvalue weighted by Gasteiger charge is -2.30. The molecule has 5 N–H and O–H groups in total. The SMILES string of the molecule is CCc1cc([C@H]2CC[C@H](NC[C@H](O)COc3ccc(O)c(NS(C)(=O)=O)c3)CC2)ccc1C(=O)O.Cl. The maximum atomic E-state index is 11.4. The van der Waals surface area contributed by atoms with Gasteiger partial charge in [0.15, 0.2) is 0 Å². The van der Waals surface area contributed by atoms with Crippen LogP contribution in [0.25, 0.3) is 0 Å². The van der Waals surface area contributed by atoms with Crippen molar-refractivity contribution >= 4 is 34.1 Å². The number of carboxylic acids is 1. The number of sulfonamides is 1. The fraction of sp³-hybridized carbons (Fsp3) is 0.480. The van der Waals surface area contributed by atoms with Crippen molar-refractivity contribution in [2.24, 2.45) is 0 Å². The van der Waals surface area contributed by atoms with Gasteiger partial charge in [0, 0.05) is 18.7 Å². The number of nitrogens with one attached hydrogen (secondary N) is 2. The largest absolute Gasteiger partial charge is 0.506 e. The number of anilines is 1. The third-order valence-corrected chi connectivity index (χ3v) is 6.88. The molecule has 1 fully saturated rings. The van der Waals surface area contributed by atoms with Crippen LogP contribution in [0.4, 0.5) is 5.69 Å². The first-order valence-corrected chi connectivity index (χ1v) is 13.7. The summed E-state index contributed by atoms with van der Waals surface area (Å²) in [6.07, 6.45) is 4.81. The molecular weight excluding hydrogens is 508 g/mol. The number of hydrogen-bond acceptors (Lipinski definition) is 7. The Hall–Kier alpha value is -2.53. The molecule has 0 heterocycles. The molecule has 1 aliphatic rings. The average Bonchev–Trinajstić information content (AvgIpc) is 2.82. The molecule has 0 aromatic heterocycles. The van der Waals surface area contributed by atoms with Crippen LogP contribution in [0.2, 0.25) is 0 Å². The molecule has 2 aromatic carbocycles. The summed E-state index contributed by atoms with van der Waals surface area (Å²) in [5, 5.41) is 32.8. The molecule has 1 saturated carbocycles. The Kier molecular flexibility index (Phi) is 10.8. The molecule has 11 heteroatoms. The van der Waals surface area contributed by atoms with Crippen LogP contribution >= 0.6 is 12.4 Å². The first-order valence-electron chi connectivity index (χ1n) is 11.8. The first kappa shape index (κ1) is 29.7. The number of hydrogen-bond donors (Lipinski definition) is 5. The van der Waals surface area contributed by atoms with Crippen LogP contribution in [0, 0.1) is 0 Å². The number of ether oxygens (including phenoxy) is 1. The van der Waals surface area contributed by atoms with E-state index in [0.29, 0.717) is 30.2 Å². The standard InChI is InChI=1S/C25H34N2O7S.ClH/c1-3-16-12-18(6-10-22(16)25(30)31)17-4-7-19(8-5-17)26-14-20(28)15-34-21-9-11-24(29)23(13-21)27-35(2,32)33;/h6,9-13,17,19-20,26-29H,3-5,7-8,14-15H2,1-2H3,(H,30,31);1H/t17-,19-,20-;/m0./s1. The molecule has 0 unspecified atom stereocenters. The molecule has 9 nitrogen and oxygen atoms in total. The average molecular weight is 543 g/mol. The summed E-state index contributed by atoms with van der Waals surface area (Å²) in [7, 11) is -3.55. The number of aromatic hydroxyl groups is 1. The Morgan fingerprint density at radius 2 is 1.83 bits per heavy atom. The van der Waals surface area contributed by atoms with Gasteiger partial charge < -0.3 is 25.4 Å². The Balaban J connectivity index is 0.00000456. The van der Waals surface area contributed by atoms with Gasteiger partial charge in [0.2, 0.25) is 10.0 Å². The van der Waals surface area contributed by atoms with Crippen molar-refractivity contribution in [1.29, 1.82) is 0 Å². The van der Waals surface area contributed by atoms with Gasteiger partial charge >= 0.3 is 5.97 Å². The van der Waals surface area contributed by atoms with Gasteiger partial charge in [-0.2, -0.15) is 0 Å². The highest BCUT2D eigenvalue weighted by Crippen LogP contribution is 2.34. The van der Waals surface area contributed by atoms with E-state index in [0.717, 1.165) is 37.5 Å². The molecule has 0 radical (unpaired) electrons. The Labute approximate surface area is 218 Å². The lowest BCUT2D eigenvalue weighted by Crippen LogP contribution is -2.39. The van der Waals surface area contributed by atoms with Crippen molar-refractivity contribution in [1.82, 2.24) is 5.32 Å². The van der Waals surface area contributed by atoms with Crippen molar-refractivity contribution in [2.75, 3.05) is 24.1 Å². The van der Waals surface area contributed by atoms with Crippen LogP contribution < -0.4 is 14.8 Å². The number of carbonyl (C=O) groups is 1. The third-order valence-electron chi connectivity index (χ3n) is 6.29. The number of carboxylic acid groups (broad SMARTS) is 1. The summed E-state index contributed by atoms with van der Waals surface area (Å²) >= 11 is 0. The van der Waals surface area contributed by atoms with Gasteiger partial charge in [-0.05, 0) is 67.3 Å². The molecule has 2 aromatic rings. The molecule has 0 aliphatic heterocycles. The Morgan fingerprint density at radius 1 is 1.14 bits per heavy atom. The van der Waals surface area contributed by atoms with Crippen molar-refractivity contribution in [3.05, 3.63) is 53.1 Å². The van der Waals surface area contributed by atoms with E-state index in [4.69, 9.17) is 4.74 Å². The smallest absolute Gasteiger partial charge is 0.335 e. The summed E-state index contributed by atoms with van der Waals surface area (Å²) in [4.78, 5) is 11.4. The number of aromatic carboxylic acids is 1. The van der Waals surface area contributed by atoms with E-state index in [9.17, 15) is 28.5 Å². The number of benzene rings is 2. The van der Waals surface area contributed by atoms with Crippen LogP contribution in [0.1, 0.15) is 60.0 Å². The number of phenolic OH excluding ortho intramolecular Hbond substituents is 1. The molecule has 1 aliphatic carbocycles. The highest BCUT2D eigenvalue weighted by atomic mass is 35.5. The zero-order valence-electron chi connectivity index (χ0n) is 20.4. The second-order valence-corrected chi connectivity index (χ2v) is 10.8. The van der Waals surface area contributed by atoms with E-state index in [-0.39, 0.29) is 36.5 Å². The van der Waals surface area contributed by atoms with Crippen molar-refractivity contribution in [3.63, 3.8) is 0 Å². The first-order chi connectivity index (χ1) is 16.6. The van der Waals surface area contributed by atoms with Crippen LogP contribution in [0.5, 0.6) is 11.5 Å². The number of aliphatic hydroxyl groups excluding tert-OH is 1. The fourth-order valence-electron chi connectivity index (χ4n) is 4.44. The third kappa shape index (κ3) is 8.55. The van der Waals surface area contributed by atoms with E-state index in [1.54, 1.807) is 6.07 Å². The van der Waals surface area contributed by atoms with Gasteiger partial charge in [-0.3, -0.25) is 4.72 Å². The lowest BCUT2D eigenvalue weighted by atomic mass is 9.80. The van der Waals surface area contributed by atoms with E-state index in [2.05, 4.69) is 10.0 Å². The van der Waals surface area contributed by atoms with Gasteiger partial charge in [0.25, 0.3) is 0 Å². The predicted molar refractivity (Wildman–Crippen MR) is 141 cm³/mol. The van der Waals surface area contributed by atoms with Crippen LogP contribution in [0.3, 0.4) is 0 Å². The summed E-state index contributed by atoms with van der Waals surface area (Å²) in [6.45, 7) is 2.34. The van der Waals surface area contributed by atoms with Crippen LogP contribution in [-0.4, -0.2) is 61.3 Å². The minimum atomic E-state index is -3.55. The molecule has 0 spiro atoms. The van der Waals surface area contributed by atoms with E-state index in [1.165, 1.54) is 23.8 Å². The lowest BCUT2D eigenvalue weighted by molar-refractivity contribution is 0.0695. The monoisotopic (exact) mass is 542 g/mol. The van der Waals surface area contributed by atoms with E-state index >= 15 is 0 Å². The van der Waals surface area contributed by atoms with E-state index < -0.39 is 22.1 Å². The summed E-state index contributed by atoms with van der Waals surface area (Å²) in [6, 6.07) is 10.1. The highest BCUT2D eigenvalue weighted by molar-refractivity contribution is 7.92. The minimum Gasteiger partial charge on any atom is -0.506 e. The number of aliphatic hydroxyl groups is 1. The predicted octanol–water partition coefficient (Wildman–Crippen LogP) is 3.50. The molecule has 0 amide bonds. The van der Waals surface area contributed by atoms with Crippen molar-refractivity contribution in [2.45, 2.75) is 57.1 Å². The number of rotatable bonds is 11. The molecule has 0 saturated heterocycles. The second-order valence-electron chi connectivity index (χ2n) is 9.05. The summed E-state index contributed by atoms with van der Waals surface area (Å²) in [5.74, 6) is -0.378. The van der Waals surface area contributed by atoms with Gasteiger partial charge in [-0.15, -0.1) is 12.4 Å². The Bertz CT molecular complexity index is 1140. The molecule has 36 heavy (non-hydrogen) atoms. The van der Waals surface area contributed by atoms with Crippen molar-refractivity contribution in [3.8, 4) is 11.5 Å². The maximum absolute atomic E-state index is 11.4. The molecule has 1 atom stereocenters. The second kappa shape index (κ2) is 13.1. The van der Waals surface area contributed by atoms with Gasteiger partial charge in [-0.25, -0.2) is 13.2 Å². The zero-order chi connectivity index (χ0) is 25.6. The van der Waals surface area contributed by atoms with Gasteiger partial charge in [0.1, 0.15) is 24.2 Å². The topological polar surface area (TPSA) is 145 Å². The van der Waals surface area contributed by atoms with Crippen LogP contribution in [-0.2, 0) is 16.4 Å². The number of aryl methyl sites for hydroxylation is 1. The normalized spacial score (nSPS) is 18.6. The molecule has 200 valence electrons. The highest BCUT2D eigenvalue weighted by Gasteiger charge is 2.24. The maximum Gasteiger partial charge on any atom is 0.335 e. The summed E-state index contributed by atoms with van der Waals surface area (Å²) < 4.78 is 30.6. The molecular formula is C25H35ClN2O7S. The number of halogens is 1. The Morgan fingerprint density at radius 3 is 2.44 bits per heavy atom. The quantitative estimate of drug-likeness (QED) is 0.271. The van der Waals surface area contributed by atoms with Gasteiger partial charge in [-0.1, -0.05) is 19.1 Å². The summed E-state index contributed by atoms with van der Waals surface area (Å²) in [5.41, 5.74) is 2.44. The van der Waals surface area contributed by atoms with Crippen LogP contribution in [0.15, 0.2) is 36.4 Å².